The molecule has 0 radical (unpaired) electrons. The molecule has 4 rings (SSSR count). The van der Waals surface area contributed by atoms with Crippen LogP contribution >= 0.6 is 0 Å². The third kappa shape index (κ3) is 5.05. The van der Waals surface area contributed by atoms with Crippen LogP contribution < -0.4 is 4.74 Å². The third-order valence-corrected chi connectivity index (χ3v) is 5.06. The van der Waals surface area contributed by atoms with Crippen LogP contribution in [0.2, 0.25) is 0 Å². The Hall–Kier alpha value is -3.35. The van der Waals surface area contributed by atoms with Crippen LogP contribution in [0.5, 0.6) is 5.88 Å². The van der Waals surface area contributed by atoms with Gasteiger partial charge in [-0.15, -0.1) is 0 Å². The van der Waals surface area contributed by atoms with Gasteiger partial charge in [0, 0.05) is 35.5 Å². The molecule has 0 saturated heterocycles. The number of methoxy groups -OCH3 is 1. The fourth-order valence-electron chi connectivity index (χ4n) is 3.45. The predicted octanol–water partition coefficient (Wildman–Crippen LogP) is 6.00. The van der Waals surface area contributed by atoms with Gasteiger partial charge in [0.25, 0.3) is 0 Å². The number of ether oxygens (including phenoxy) is 1. The number of H-pyrrole nitrogens is 1. The number of aryl methyl sites for hydroxylation is 2. The Balaban J connectivity index is 0.00000272. The van der Waals surface area contributed by atoms with Crippen LogP contribution in [0.1, 0.15) is 35.4 Å². The Kier molecular flexibility index (Phi) is 6.63. The van der Waals surface area contributed by atoms with Gasteiger partial charge < -0.3 is 9.72 Å². The molecule has 3 heterocycles. The number of halogens is 3. The molecule has 3 aromatic heterocycles. The number of alkyl halides is 3. The average molecular weight is 427 g/mol. The lowest BCUT2D eigenvalue weighted by atomic mass is 10.0. The van der Waals surface area contributed by atoms with Gasteiger partial charge in [-0.1, -0.05) is 25.6 Å². The van der Waals surface area contributed by atoms with Crippen LogP contribution in [0.4, 0.5) is 13.2 Å². The molecule has 0 spiro atoms. The molecule has 4 nitrogen and oxygen atoms in total. The zero-order chi connectivity index (χ0) is 21.1. The molecule has 0 amide bonds. The van der Waals surface area contributed by atoms with E-state index in [0.29, 0.717) is 25.1 Å². The second-order valence-corrected chi connectivity index (χ2v) is 7.06. The summed E-state index contributed by atoms with van der Waals surface area (Å²) < 4.78 is 43.5. The van der Waals surface area contributed by atoms with E-state index in [1.807, 2.05) is 30.5 Å². The maximum Gasteiger partial charge on any atom is 0.416 e. The van der Waals surface area contributed by atoms with Crippen molar-refractivity contribution in [1.82, 2.24) is 15.0 Å². The summed E-state index contributed by atoms with van der Waals surface area (Å²) in [5.74, 6) is 0.554. The third-order valence-electron chi connectivity index (χ3n) is 5.06. The highest BCUT2D eigenvalue weighted by Gasteiger charge is 2.29. The van der Waals surface area contributed by atoms with Gasteiger partial charge in [0.15, 0.2) is 0 Å². The quantitative estimate of drug-likeness (QED) is 0.411. The zero-order valence-electron chi connectivity index (χ0n) is 16.3. The molecule has 0 bridgehead atoms. The molecule has 0 aliphatic rings. The lowest BCUT2D eigenvalue weighted by Crippen LogP contribution is -2.05. The Morgan fingerprint density at radius 2 is 1.74 bits per heavy atom. The van der Waals surface area contributed by atoms with E-state index in [0.717, 1.165) is 45.6 Å². The van der Waals surface area contributed by atoms with Gasteiger partial charge >= 0.3 is 6.18 Å². The number of pyridine rings is 2. The monoisotopic (exact) mass is 427 g/mol. The number of rotatable bonds is 6. The van der Waals surface area contributed by atoms with E-state index >= 15 is 0 Å². The molecule has 1 N–H and O–H groups in total. The molecule has 162 valence electrons. The second kappa shape index (κ2) is 9.20. The number of hydrogen-bond donors (Lipinski definition) is 1. The van der Waals surface area contributed by atoms with E-state index in [-0.39, 0.29) is 7.43 Å². The molecule has 4 aromatic rings. The van der Waals surface area contributed by atoms with Gasteiger partial charge in [-0.2, -0.15) is 13.2 Å². The second-order valence-electron chi connectivity index (χ2n) is 7.06. The first-order chi connectivity index (χ1) is 14.4. The Bertz CT molecular complexity index is 1150. The summed E-state index contributed by atoms with van der Waals surface area (Å²) in [6.45, 7) is 0. The van der Waals surface area contributed by atoms with Crippen LogP contribution in [0.3, 0.4) is 0 Å². The van der Waals surface area contributed by atoms with Crippen LogP contribution in [0, 0.1) is 0 Å². The Morgan fingerprint density at radius 3 is 2.45 bits per heavy atom. The lowest BCUT2D eigenvalue weighted by Gasteiger charge is -2.10. The molecule has 0 saturated carbocycles. The first kappa shape index (κ1) is 22.3. The number of benzene rings is 1. The topological polar surface area (TPSA) is 50.8 Å². The van der Waals surface area contributed by atoms with E-state index in [2.05, 4.69) is 15.0 Å². The molecule has 1 aromatic carbocycles. The van der Waals surface area contributed by atoms with E-state index in [4.69, 9.17) is 4.74 Å². The van der Waals surface area contributed by atoms with Gasteiger partial charge in [0.05, 0.1) is 12.7 Å². The number of fused-ring (bicyclic) bond motifs is 1. The smallest absolute Gasteiger partial charge is 0.416 e. The van der Waals surface area contributed by atoms with E-state index in [9.17, 15) is 13.2 Å². The number of aromatic amines is 1. The largest absolute Gasteiger partial charge is 0.481 e. The lowest BCUT2D eigenvalue weighted by molar-refractivity contribution is -0.137. The van der Waals surface area contributed by atoms with Crippen LogP contribution in [0.15, 0.2) is 60.9 Å². The number of nitrogens with zero attached hydrogens (tertiary/aromatic N) is 2. The summed E-state index contributed by atoms with van der Waals surface area (Å²) in [6, 6.07) is 13.1. The van der Waals surface area contributed by atoms with Crippen molar-refractivity contribution in [3.05, 3.63) is 88.9 Å². The molecule has 31 heavy (non-hydrogen) atoms. The van der Waals surface area contributed by atoms with E-state index in [1.165, 1.54) is 12.1 Å². The standard InChI is InChI=1S/C23H20F3N3O.CH4/c1-30-22-16(13-17-14-28-21-20(17)3-2-12-27-21)7-11-19(29-22)10-6-15-4-8-18(9-5-15)23(24,25)26;/h2-5,7-9,11-12,14H,6,10,13H2,1H3,(H,27,28);1H4. The summed E-state index contributed by atoms with van der Waals surface area (Å²) in [7, 11) is 1.59. The molecule has 0 unspecified atom stereocenters. The summed E-state index contributed by atoms with van der Waals surface area (Å²) >= 11 is 0. The maximum atomic E-state index is 12.7. The van der Waals surface area contributed by atoms with Crippen molar-refractivity contribution in [2.75, 3.05) is 7.11 Å². The first-order valence-electron chi connectivity index (χ1n) is 9.54. The van der Waals surface area contributed by atoms with Gasteiger partial charge in [0.2, 0.25) is 5.88 Å². The SMILES string of the molecule is C.COc1nc(CCc2ccc(C(F)(F)F)cc2)ccc1Cc1c[nH]c2ncccc12. The minimum absolute atomic E-state index is 0. The zero-order valence-corrected chi connectivity index (χ0v) is 16.3. The number of nitrogens with one attached hydrogen (secondary N) is 1. The van der Waals surface area contributed by atoms with Crippen molar-refractivity contribution in [2.24, 2.45) is 0 Å². The maximum absolute atomic E-state index is 12.7. The summed E-state index contributed by atoms with van der Waals surface area (Å²) in [5.41, 5.74) is 3.93. The van der Waals surface area contributed by atoms with Gasteiger partial charge in [-0.3, -0.25) is 0 Å². The molecule has 0 aliphatic carbocycles. The number of hydrogen-bond acceptors (Lipinski definition) is 3. The van der Waals surface area contributed by atoms with Crippen molar-refractivity contribution in [2.45, 2.75) is 32.9 Å². The van der Waals surface area contributed by atoms with E-state index in [1.54, 1.807) is 13.3 Å². The number of aromatic nitrogens is 3. The minimum Gasteiger partial charge on any atom is -0.481 e. The molecular weight excluding hydrogens is 403 g/mol. The van der Waals surface area contributed by atoms with Crippen LogP contribution in [0.25, 0.3) is 11.0 Å². The van der Waals surface area contributed by atoms with Crippen molar-refractivity contribution in [3.63, 3.8) is 0 Å². The van der Waals surface area contributed by atoms with Crippen molar-refractivity contribution < 1.29 is 17.9 Å². The van der Waals surface area contributed by atoms with Crippen molar-refractivity contribution in [1.29, 1.82) is 0 Å². The highest BCUT2D eigenvalue weighted by molar-refractivity contribution is 5.79. The average Bonchev–Trinajstić information content (AvgIpc) is 3.15. The molecule has 0 fully saturated rings. The van der Waals surface area contributed by atoms with Crippen LogP contribution in [-0.4, -0.2) is 22.1 Å². The normalized spacial score (nSPS) is 11.4. The summed E-state index contributed by atoms with van der Waals surface area (Å²) in [6.07, 6.45) is 1.23. The highest BCUT2D eigenvalue weighted by atomic mass is 19.4. The first-order valence-corrected chi connectivity index (χ1v) is 9.54. The summed E-state index contributed by atoms with van der Waals surface area (Å²) in [5, 5.41) is 1.06. The molecular formula is C24H24F3N3O. The van der Waals surface area contributed by atoms with Gasteiger partial charge in [-0.25, -0.2) is 9.97 Å². The Labute approximate surface area is 179 Å². The minimum atomic E-state index is -4.32. The summed E-state index contributed by atoms with van der Waals surface area (Å²) in [4.78, 5) is 12.1. The Morgan fingerprint density at radius 1 is 0.968 bits per heavy atom. The molecule has 7 heteroatoms. The van der Waals surface area contributed by atoms with Crippen molar-refractivity contribution >= 4 is 11.0 Å². The molecule has 0 aliphatic heterocycles. The molecule has 0 atom stereocenters. The fourth-order valence-corrected chi connectivity index (χ4v) is 3.45. The highest BCUT2D eigenvalue weighted by Crippen LogP contribution is 2.29. The van der Waals surface area contributed by atoms with E-state index < -0.39 is 11.7 Å². The van der Waals surface area contributed by atoms with Crippen LogP contribution in [-0.2, 0) is 25.4 Å². The van der Waals surface area contributed by atoms with Gasteiger partial charge in [-0.05, 0) is 54.3 Å². The fraction of sp³-hybridized carbons (Fsp3) is 0.250. The van der Waals surface area contributed by atoms with Gasteiger partial charge in [0.1, 0.15) is 5.65 Å². The van der Waals surface area contributed by atoms with Crippen molar-refractivity contribution in [3.8, 4) is 5.88 Å². The predicted molar refractivity (Wildman–Crippen MR) is 115 cm³/mol.